The van der Waals surface area contributed by atoms with E-state index < -0.39 is 0 Å². The van der Waals surface area contributed by atoms with Gasteiger partial charge in [-0.15, -0.1) is 0 Å². The van der Waals surface area contributed by atoms with Gasteiger partial charge >= 0.3 is 0 Å². The van der Waals surface area contributed by atoms with E-state index in [2.05, 4.69) is 20.9 Å². The van der Waals surface area contributed by atoms with E-state index in [1.54, 1.807) is 19.2 Å². The molecule has 2 aromatic rings. The number of hydrogen-bond donors (Lipinski definition) is 0. The molecule has 0 aliphatic rings. The topological polar surface area (TPSA) is 47.0 Å². The van der Waals surface area contributed by atoms with Crippen molar-refractivity contribution in [2.45, 2.75) is 20.3 Å². The number of aromatic nitrogens is 1. The van der Waals surface area contributed by atoms with Crippen LogP contribution in [0, 0.1) is 5.92 Å². The number of hydrogen-bond acceptors (Lipinski definition) is 3. The number of halogens is 1. The molecule has 0 spiro atoms. The zero-order valence-electron chi connectivity index (χ0n) is 10.8. The fourth-order valence-electron chi connectivity index (χ4n) is 2.13. The standard InChI is InChI=1S/C15H14BrNO2/c1-9(8-10(2)18)15(19)12-5-6-13(16)11-4-3-7-17-14(11)12/h3-7,9H,8H2,1-2H3. The lowest BCUT2D eigenvalue weighted by atomic mass is 9.93. The lowest BCUT2D eigenvalue weighted by Gasteiger charge is -2.11. The zero-order valence-corrected chi connectivity index (χ0v) is 12.4. The third kappa shape index (κ3) is 2.89. The van der Waals surface area contributed by atoms with Crippen molar-refractivity contribution in [3.8, 4) is 0 Å². The van der Waals surface area contributed by atoms with Gasteiger partial charge in [-0.25, -0.2) is 0 Å². The Kier molecular flexibility index (Phi) is 4.10. The van der Waals surface area contributed by atoms with Gasteiger partial charge in [-0.05, 0) is 25.1 Å². The van der Waals surface area contributed by atoms with Crippen molar-refractivity contribution in [2.75, 3.05) is 0 Å². The van der Waals surface area contributed by atoms with Gasteiger partial charge in [0.05, 0.1) is 5.52 Å². The third-order valence-electron chi connectivity index (χ3n) is 3.02. The number of benzene rings is 1. The molecule has 19 heavy (non-hydrogen) atoms. The van der Waals surface area contributed by atoms with Gasteiger partial charge in [-0.2, -0.15) is 0 Å². The van der Waals surface area contributed by atoms with E-state index in [1.807, 2.05) is 18.2 Å². The Morgan fingerprint density at radius 3 is 2.74 bits per heavy atom. The summed E-state index contributed by atoms with van der Waals surface area (Å²) in [5.74, 6) is -0.328. The molecule has 0 aliphatic heterocycles. The van der Waals surface area contributed by atoms with Gasteiger partial charge in [-0.1, -0.05) is 28.9 Å². The van der Waals surface area contributed by atoms with Crippen molar-refractivity contribution in [3.05, 3.63) is 40.5 Å². The highest BCUT2D eigenvalue weighted by Gasteiger charge is 2.20. The molecule has 3 nitrogen and oxygen atoms in total. The molecule has 1 heterocycles. The Bertz CT molecular complexity index is 652. The Morgan fingerprint density at radius 2 is 2.05 bits per heavy atom. The molecule has 4 heteroatoms. The number of rotatable bonds is 4. The van der Waals surface area contributed by atoms with Crippen molar-refractivity contribution in [1.82, 2.24) is 4.98 Å². The Hall–Kier alpha value is -1.55. The molecule has 0 saturated heterocycles. The molecule has 1 aromatic carbocycles. The van der Waals surface area contributed by atoms with Crippen LogP contribution in [0.1, 0.15) is 30.6 Å². The normalized spacial score (nSPS) is 12.4. The van der Waals surface area contributed by atoms with E-state index in [-0.39, 0.29) is 23.9 Å². The van der Waals surface area contributed by atoms with Gasteiger partial charge in [0.25, 0.3) is 0 Å². The van der Waals surface area contributed by atoms with E-state index in [9.17, 15) is 9.59 Å². The quantitative estimate of drug-likeness (QED) is 0.805. The molecule has 98 valence electrons. The van der Waals surface area contributed by atoms with Crippen LogP contribution in [0.15, 0.2) is 34.9 Å². The van der Waals surface area contributed by atoms with Crippen molar-refractivity contribution >= 4 is 38.4 Å². The summed E-state index contributed by atoms with van der Waals surface area (Å²) in [6.07, 6.45) is 1.93. The van der Waals surface area contributed by atoms with Crippen LogP contribution in [0.5, 0.6) is 0 Å². The first-order valence-corrected chi connectivity index (χ1v) is 6.87. The molecular formula is C15H14BrNO2. The zero-order chi connectivity index (χ0) is 14.0. The average molecular weight is 320 g/mol. The smallest absolute Gasteiger partial charge is 0.168 e. The average Bonchev–Trinajstić information content (AvgIpc) is 2.38. The lowest BCUT2D eigenvalue weighted by Crippen LogP contribution is -2.15. The fourth-order valence-corrected chi connectivity index (χ4v) is 2.58. The summed E-state index contributed by atoms with van der Waals surface area (Å²) >= 11 is 3.45. The number of carbonyl (C=O) groups is 2. The fraction of sp³-hybridized carbons (Fsp3) is 0.267. The largest absolute Gasteiger partial charge is 0.300 e. The summed E-state index contributed by atoms with van der Waals surface area (Å²) in [7, 11) is 0. The van der Waals surface area contributed by atoms with Gasteiger partial charge in [0.15, 0.2) is 5.78 Å². The maximum Gasteiger partial charge on any atom is 0.168 e. The monoisotopic (exact) mass is 319 g/mol. The highest BCUT2D eigenvalue weighted by atomic mass is 79.9. The molecule has 1 atom stereocenters. The minimum atomic E-state index is -0.316. The van der Waals surface area contributed by atoms with Crippen molar-refractivity contribution in [3.63, 3.8) is 0 Å². The second kappa shape index (κ2) is 5.61. The number of nitrogens with zero attached hydrogens (tertiary/aromatic N) is 1. The summed E-state index contributed by atoms with van der Waals surface area (Å²) in [6.45, 7) is 3.28. The SMILES string of the molecule is CC(=O)CC(C)C(=O)c1ccc(Br)c2cccnc12. The van der Waals surface area contributed by atoms with Crippen LogP contribution in [0.3, 0.4) is 0 Å². The molecule has 0 aliphatic carbocycles. The van der Waals surface area contributed by atoms with Crippen LogP contribution >= 0.6 is 15.9 Å². The molecule has 0 radical (unpaired) electrons. The Labute approximate surface area is 120 Å². The van der Waals surface area contributed by atoms with Gasteiger partial charge in [0.1, 0.15) is 5.78 Å². The molecule has 0 bridgehead atoms. The minimum absolute atomic E-state index is 0.0234. The third-order valence-corrected chi connectivity index (χ3v) is 3.71. The highest BCUT2D eigenvalue weighted by Crippen LogP contribution is 2.27. The first kappa shape index (κ1) is 13.9. The second-order valence-corrected chi connectivity index (χ2v) is 5.52. The van der Waals surface area contributed by atoms with Crippen LogP contribution in [-0.4, -0.2) is 16.6 Å². The summed E-state index contributed by atoms with van der Waals surface area (Å²) in [5, 5.41) is 0.906. The predicted molar refractivity (Wildman–Crippen MR) is 78.2 cm³/mol. The molecule has 2 rings (SSSR count). The van der Waals surface area contributed by atoms with E-state index >= 15 is 0 Å². The molecule has 0 N–H and O–H groups in total. The number of pyridine rings is 1. The molecule has 1 aromatic heterocycles. The van der Waals surface area contributed by atoms with Crippen molar-refractivity contribution in [1.29, 1.82) is 0 Å². The minimum Gasteiger partial charge on any atom is -0.300 e. The number of carbonyl (C=O) groups excluding carboxylic acids is 2. The first-order valence-electron chi connectivity index (χ1n) is 6.07. The maximum atomic E-state index is 12.4. The van der Waals surface area contributed by atoms with Crippen molar-refractivity contribution < 1.29 is 9.59 Å². The van der Waals surface area contributed by atoms with Crippen LogP contribution in [0.4, 0.5) is 0 Å². The van der Waals surface area contributed by atoms with Crippen LogP contribution < -0.4 is 0 Å². The molecule has 0 amide bonds. The highest BCUT2D eigenvalue weighted by molar-refractivity contribution is 9.10. The predicted octanol–water partition coefficient (Wildman–Crippen LogP) is 3.80. The summed E-state index contributed by atoms with van der Waals surface area (Å²) in [5.41, 5.74) is 1.25. The van der Waals surface area contributed by atoms with Gasteiger partial charge in [-0.3, -0.25) is 9.78 Å². The Balaban J connectivity index is 2.48. The summed E-state index contributed by atoms with van der Waals surface area (Å²) in [4.78, 5) is 27.8. The van der Waals surface area contributed by atoms with Gasteiger partial charge in [0, 0.05) is 34.0 Å². The van der Waals surface area contributed by atoms with E-state index in [0.717, 1.165) is 9.86 Å². The van der Waals surface area contributed by atoms with Crippen LogP contribution in [0.25, 0.3) is 10.9 Å². The summed E-state index contributed by atoms with van der Waals surface area (Å²) in [6, 6.07) is 7.36. The summed E-state index contributed by atoms with van der Waals surface area (Å²) < 4.78 is 0.909. The molecule has 1 unspecified atom stereocenters. The Morgan fingerprint density at radius 1 is 1.32 bits per heavy atom. The number of fused-ring (bicyclic) bond motifs is 1. The van der Waals surface area contributed by atoms with Crippen molar-refractivity contribution in [2.24, 2.45) is 5.92 Å². The molecule has 0 fully saturated rings. The van der Waals surface area contributed by atoms with E-state index in [0.29, 0.717) is 11.1 Å². The first-order chi connectivity index (χ1) is 9.00. The van der Waals surface area contributed by atoms with E-state index in [4.69, 9.17) is 0 Å². The van der Waals surface area contributed by atoms with Crippen LogP contribution in [0.2, 0.25) is 0 Å². The second-order valence-electron chi connectivity index (χ2n) is 4.67. The number of ketones is 2. The van der Waals surface area contributed by atoms with E-state index in [1.165, 1.54) is 6.92 Å². The lowest BCUT2D eigenvalue weighted by molar-refractivity contribution is -0.117. The maximum absolute atomic E-state index is 12.4. The van der Waals surface area contributed by atoms with Gasteiger partial charge in [0.2, 0.25) is 0 Å². The molecule has 0 saturated carbocycles. The number of Topliss-reactive ketones (excluding diaryl/α,β-unsaturated/α-hetero) is 2. The molecular weight excluding hydrogens is 306 g/mol. The van der Waals surface area contributed by atoms with Crippen LogP contribution in [-0.2, 0) is 4.79 Å². The van der Waals surface area contributed by atoms with Gasteiger partial charge < -0.3 is 4.79 Å².